The highest BCUT2D eigenvalue weighted by Gasteiger charge is 2.21. The minimum absolute atomic E-state index is 0.0762. The van der Waals surface area contributed by atoms with E-state index in [4.69, 9.17) is 5.26 Å². The lowest BCUT2D eigenvalue weighted by atomic mass is 10.1. The van der Waals surface area contributed by atoms with Gasteiger partial charge in [-0.05, 0) is 24.3 Å². The molecule has 8 heteroatoms. The van der Waals surface area contributed by atoms with Gasteiger partial charge in [-0.2, -0.15) is 9.57 Å². The van der Waals surface area contributed by atoms with E-state index >= 15 is 0 Å². The molecule has 2 N–H and O–H groups in total. The largest absolute Gasteiger partial charge is 0.357 e. The highest BCUT2D eigenvalue weighted by Crippen LogP contribution is 2.24. The Hall–Kier alpha value is -2.63. The Kier molecular flexibility index (Phi) is 3.24. The van der Waals surface area contributed by atoms with Gasteiger partial charge in [-0.3, -0.25) is 4.79 Å². The first-order chi connectivity index (χ1) is 10.4. The Balaban J connectivity index is 2.29. The molecule has 0 radical (unpaired) electrons. The fourth-order valence-electron chi connectivity index (χ4n) is 2.35. The molecule has 0 spiro atoms. The topological polar surface area (TPSA) is 110 Å². The summed E-state index contributed by atoms with van der Waals surface area (Å²) >= 11 is 0. The summed E-state index contributed by atoms with van der Waals surface area (Å²) in [5, 5.41) is 9.94. The van der Waals surface area contributed by atoms with Crippen LogP contribution in [0.5, 0.6) is 0 Å². The molecule has 3 rings (SSSR count). The van der Waals surface area contributed by atoms with Crippen molar-refractivity contribution >= 4 is 31.8 Å². The van der Waals surface area contributed by atoms with E-state index in [2.05, 4.69) is 9.97 Å². The Labute approximate surface area is 125 Å². The molecule has 0 atom stereocenters. The summed E-state index contributed by atoms with van der Waals surface area (Å²) in [7, 11) is -2.40. The van der Waals surface area contributed by atoms with Gasteiger partial charge in [0.15, 0.2) is 0 Å². The second-order valence-electron chi connectivity index (χ2n) is 4.85. The number of pyridine rings is 1. The summed E-state index contributed by atoms with van der Waals surface area (Å²) in [6.45, 7) is -0.231. The molecule has 0 amide bonds. The number of hydrogen-bond donors (Lipinski definition) is 2. The van der Waals surface area contributed by atoms with Crippen LogP contribution >= 0.6 is 0 Å². The van der Waals surface area contributed by atoms with Crippen LogP contribution in [-0.4, -0.2) is 36.3 Å². The van der Waals surface area contributed by atoms with Crippen molar-refractivity contribution in [1.82, 2.24) is 14.3 Å². The smallest absolute Gasteiger partial charge is 0.272 e. The van der Waals surface area contributed by atoms with Gasteiger partial charge in [-0.15, -0.1) is 0 Å². The van der Waals surface area contributed by atoms with Crippen LogP contribution in [-0.2, 0) is 10.0 Å². The fraction of sp³-hybridized carbons (Fsp3) is 0.143. The van der Waals surface area contributed by atoms with Crippen LogP contribution in [0.25, 0.3) is 21.8 Å². The van der Waals surface area contributed by atoms with Gasteiger partial charge in [0.25, 0.3) is 5.56 Å². The number of nitrogens with one attached hydrogen (secondary N) is 2. The summed E-state index contributed by atoms with van der Waals surface area (Å²) in [6, 6.07) is 8.01. The van der Waals surface area contributed by atoms with Gasteiger partial charge in [0.2, 0.25) is 10.0 Å². The van der Waals surface area contributed by atoms with Gasteiger partial charge in [-0.25, -0.2) is 8.42 Å². The second kappa shape index (κ2) is 4.98. The Bertz CT molecular complexity index is 1070. The van der Waals surface area contributed by atoms with Crippen LogP contribution in [0, 0.1) is 11.3 Å². The van der Waals surface area contributed by atoms with Crippen molar-refractivity contribution in [3.8, 4) is 6.07 Å². The van der Waals surface area contributed by atoms with Crippen LogP contribution in [0.1, 0.15) is 0 Å². The third kappa shape index (κ3) is 2.07. The second-order valence-corrected chi connectivity index (χ2v) is 6.89. The molecule has 3 aromatic rings. The number of sulfonamides is 1. The number of nitriles is 1. The summed E-state index contributed by atoms with van der Waals surface area (Å²) in [5.74, 6) is 0. The SMILES string of the molecule is CN(CC#N)S(=O)(=O)c1ccc2[nH]c(=O)c3[nH]ccc3c2c1. The van der Waals surface area contributed by atoms with Crippen LogP contribution in [0.4, 0.5) is 0 Å². The van der Waals surface area contributed by atoms with Crippen molar-refractivity contribution in [2.75, 3.05) is 13.6 Å². The molecule has 0 fully saturated rings. The van der Waals surface area contributed by atoms with Gasteiger partial charge >= 0.3 is 0 Å². The van der Waals surface area contributed by atoms with Gasteiger partial charge in [0, 0.05) is 29.5 Å². The Morgan fingerprint density at radius 3 is 2.77 bits per heavy atom. The molecule has 0 aliphatic heterocycles. The van der Waals surface area contributed by atoms with E-state index in [0.717, 1.165) is 4.31 Å². The lowest BCUT2D eigenvalue weighted by molar-refractivity contribution is 0.502. The molecular formula is C14H12N4O3S. The normalized spacial score (nSPS) is 12.0. The third-order valence-electron chi connectivity index (χ3n) is 3.51. The van der Waals surface area contributed by atoms with Gasteiger partial charge in [0.05, 0.1) is 11.0 Å². The number of benzene rings is 1. The summed E-state index contributed by atoms with van der Waals surface area (Å²) in [6.07, 6.45) is 1.63. The molecular weight excluding hydrogens is 304 g/mol. The number of hydrogen-bond acceptors (Lipinski definition) is 4. The summed E-state index contributed by atoms with van der Waals surface area (Å²) in [4.78, 5) is 17.5. The van der Waals surface area contributed by atoms with Crippen LogP contribution in [0.15, 0.2) is 40.2 Å². The highest BCUT2D eigenvalue weighted by molar-refractivity contribution is 7.89. The quantitative estimate of drug-likeness (QED) is 0.706. The molecule has 0 saturated heterocycles. The van der Waals surface area contributed by atoms with E-state index in [1.165, 1.54) is 19.2 Å². The lowest BCUT2D eigenvalue weighted by Gasteiger charge is -2.14. The van der Waals surface area contributed by atoms with Crippen molar-refractivity contribution in [2.45, 2.75) is 4.90 Å². The van der Waals surface area contributed by atoms with Crippen LogP contribution in [0.2, 0.25) is 0 Å². The van der Waals surface area contributed by atoms with Gasteiger partial charge in [-0.1, -0.05) is 0 Å². The summed E-state index contributed by atoms with van der Waals surface area (Å²) < 4.78 is 25.8. The van der Waals surface area contributed by atoms with E-state index in [9.17, 15) is 13.2 Å². The van der Waals surface area contributed by atoms with Crippen molar-refractivity contribution in [3.63, 3.8) is 0 Å². The monoisotopic (exact) mass is 316 g/mol. The maximum absolute atomic E-state index is 12.4. The fourth-order valence-corrected chi connectivity index (χ4v) is 3.44. The molecule has 0 bridgehead atoms. The molecule has 0 aliphatic carbocycles. The van der Waals surface area contributed by atoms with Crippen molar-refractivity contribution in [3.05, 3.63) is 40.8 Å². The van der Waals surface area contributed by atoms with Gasteiger partial charge < -0.3 is 9.97 Å². The zero-order valence-corrected chi connectivity index (χ0v) is 12.4. The van der Waals surface area contributed by atoms with Crippen molar-refractivity contribution < 1.29 is 8.42 Å². The van der Waals surface area contributed by atoms with E-state index < -0.39 is 10.0 Å². The molecule has 1 aromatic carbocycles. The minimum atomic E-state index is -3.75. The van der Waals surface area contributed by atoms with E-state index in [-0.39, 0.29) is 17.0 Å². The van der Waals surface area contributed by atoms with Crippen LogP contribution < -0.4 is 5.56 Å². The molecule has 0 unspecified atom stereocenters. The highest BCUT2D eigenvalue weighted by atomic mass is 32.2. The first-order valence-corrected chi connectivity index (χ1v) is 7.85. The molecule has 112 valence electrons. The average Bonchev–Trinajstić information content (AvgIpc) is 2.97. The molecule has 7 nitrogen and oxygen atoms in total. The maximum atomic E-state index is 12.4. The van der Waals surface area contributed by atoms with Gasteiger partial charge in [0.1, 0.15) is 12.1 Å². The van der Waals surface area contributed by atoms with Crippen molar-refractivity contribution in [1.29, 1.82) is 5.26 Å². The Morgan fingerprint density at radius 2 is 2.05 bits per heavy atom. The standard InChI is InChI=1S/C14H12N4O3S/c1-18(7-5-15)22(20,21)9-2-3-12-11(8-9)10-4-6-16-13(10)14(19)17-12/h2-4,6,8,16H,7H2,1H3,(H,17,19). The number of aromatic nitrogens is 2. The number of H-pyrrole nitrogens is 2. The van der Waals surface area contributed by atoms with E-state index in [0.29, 0.717) is 21.8 Å². The zero-order chi connectivity index (χ0) is 15.9. The summed E-state index contributed by atoms with van der Waals surface area (Å²) in [5.41, 5.74) is 0.691. The molecule has 2 aromatic heterocycles. The number of rotatable bonds is 3. The van der Waals surface area contributed by atoms with E-state index in [1.807, 2.05) is 6.07 Å². The van der Waals surface area contributed by atoms with Crippen LogP contribution in [0.3, 0.4) is 0 Å². The Morgan fingerprint density at radius 1 is 1.27 bits per heavy atom. The first-order valence-electron chi connectivity index (χ1n) is 6.41. The third-order valence-corrected chi connectivity index (χ3v) is 5.30. The average molecular weight is 316 g/mol. The molecule has 22 heavy (non-hydrogen) atoms. The molecule has 0 saturated carbocycles. The predicted octanol–water partition coefficient (Wildman–Crippen LogP) is 1.15. The van der Waals surface area contributed by atoms with E-state index in [1.54, 1.807) is 18.3 Å². The predicted molar refractivity (Wildman–Crippen MR) is 81.9 cm³/mol. The molecule has 2 heterocycles. The first kappa shape index (κ1) is 14.3. The lowest BCUT2D eigenvalue weighted by Crippen LogP contribution is -2.27. The maximum Gasteiger partial charge on any atom is 0.272 e. The zero-order valence-electron chi connectivity index (χ0n) is 11.6. The minimum Gasteiger partial charge on any atom is -0.357 e. The van der Waals surface area contributed by atoms with Crippen molar-refractivity contribution in [2.24, 2.45) is 0 Å². The number of aromatic amines is 2. The molecule has 0 aliphatic rings. The number of nitrogens with zero attached hydrogens (tertiary/aromatic N) is 2. The number of fused-ring (bicyclic) bond motifs is 3.